The van der Waals surface area contributed by atoms with Gasteiger partial charge in [0.15, 0.2) is 0 Å². The Morgan fingerprint density at radius 1 is 1.00 bits per heavy atom. The lowest BCUT2D eigenvalue weighted by atomic mass is 9.77. The van der Waals surface area contributed by atoms with Gasteiger partial charge in [-0.05, 0) is 60.4 Å². The van der Waals surface area contributed by atoms with Crippen LogP contribution in [0.2, 0.25) is 5.02 Å². The van der Waals surface area contributed by atoms with Crippen molar-refractivity contribution in [1.29, 1.82) is 0 Å². The van der Waals surface area contributed by atoms with Gasteiger partial charge in [0.25, 0.3) is 10.0 Å². The lowest BCUT2D eigenvalue weighted by Crippen LogP contribution is -2.30. The molecule has 0 saturated carbocycles. The molecule has 1 aliphatic carbocycles. The SMILES string of the molecule is O=S(=O)(Nc1cccc(Cl)c1)c1ccc2c(c1)[C@H]1C=CC[C@H]1[C@@H](c1ccccc1F)N2. The molecular formula is C24H20ClFN2O2S. The molecule has 0 bridgehead atoms. The van der Waals surface area contributed by atoms with Crippen LogP contribution in [-0.2, 0) is 10.0 Å². The van der Waals surface area contributed by atoms with Crippen molar-refractivity contribution in [2.24, 2.45) is 5.92 Å². The monoisotopic (exact) mass is 454 g/mol. The maximum Gasteiger partial charge on any atom is 0.261 e. The number of hydrogen-bond donors (Lipinski definition) is 2. The van der Waals surface area contributed by atoms with Gasteiger partial charge in [-0.3, -0.25) is 4.72 Å². The molecule has 0 spiro atoms. The van der Waals surface area contributed by atoms with Crippen LogP contribution in [-0.4, -0.2) is 8.42 Å². The summed E-state index contributed by atoms with van der Waals surface area (Å²) in [5.74, 6) is -0.107. The van der Waals surface area contributed by atoms with Gasteiger partial charge in [0.1, 0.15) is 5.82 Å². The van der Waals surface area contributed by atoms with Gasteiger partial charge < -0.3 is 5.32 Å². The number of fused-ring (bicyclic) bond motifs is 3. The number of rotatable bonds is 4. The molecule has 3 aromatic rings. The summed E-state index contributed by atoms with van der Waals surface area (Å²) in [7, 11) is -3.79. The van der Waals surface area contributed by atoms with Crippen LogP contribution in [0, 0.1) is 11.7 Å². The fraction of sp³-hybridized carbons (Fsp3) is 0.167. The summed E-state index contributed by atoms with van der Waals surface area (Å²) in [6, 6.07) is 18.2. The van der Waals surface area contributed by atoms with Crippen molar-refractivity contribution in [1.82, 2.24) is 0 Å². The van der Waals surface area contributed by atoms with Gasteiger partial charge in [0.05, 0.1) is 16.6 Å². The van der Waals surface area contributed by atoms with Gasteiger partial charge >= 0.3 is 0 Å². The first-order valence-corrected chi connectivity index (χ1v) is 11.9. The van der Waals surface area contributed by atoms with E-state index >= 15 is 0 Å². The van der Waals surface area contributed by atoms with E-state index in [9.17, 15) is 12.8 Å². The molecule has 0 radical (unpaired) electrons. The number of benzene rings is 3. The van der Waals surface area contributed by atoms with Crippen LogP contribution >= 0.6 is 11.6 Å². The number of sulfonamides is 1. The Balaban J connectivity index is 1.51. The molecule has 1 heterocycles. The quantitative estimate of drug-likeness (QED) is 0.468. The second-order valence-corrected chi connectivity index (χ2v) is 9.98. The topological polar surface area (TPSA) is 58.2 Å². The summed E-state index contributed by atoms with van der Waals surface area (Å²) in [5.41, 5.74) is 2.76. The molecule has 5 rings (SSSR count). The van der Waals surface area contributed by atoms with E-state index in [4.69, 9.17) is 11.6 Å². The molecule has 0 amide bonds. The van der Waals surface area contributed by atoms with Crippen molar-refractivity contribution in [2.45, 2.75) is 23.3 Å². The lowest BCUT2D eigenvalue weighted by molar-refractivity contribution is 0.413. The maximum atomic E-state index is 14.5. The van der Waals surface area contributed by atoms with E-state index in [1.807, 2.05) is 6.07 Å². The summed E-state index contributed by atoms with van der Waals surface area (Å²) >= 11 is 5.97. The van der Waals surface area contributed by atoms with Gasteiger partial charge in [-0.2, -0.15) is 0 Å². The Morgan fingerprint density at radius 2 is 1.84 bits per heavy atom. The molecule has 4 nitrogen and oxygen atoms in total. The van der Waals surface area contributed by atoms with Crippen molar-refractivity contribution in [3.05, 3.63) is 101 Å². The average molecular weight is 455 g/mol. The summed E-state index contributed by atoms with van der Waals surface area (Å²) in [5, 5.41) is 3.90. The van der Waals surface area contributed by atoms with E-state index in [0.29, 0.717) is 16.3 Å². The molecule has 0 fully saturated rings. The minimum Gasteiger partial charge on any atom is -0.378 e. The van der Waals surface area contributed by atoms with Gasteiger partial charge in [-0.1, -0.05) is 48.0 Å². The Labute approximate surface area is 185 Å². The molecule has 0 unspecified atom stereocenters. The maximum absolute atomic E-state index is 14.5. The lowest BCUT2D eigenvalue weighted by Gasteiger charge is -2.37. The minimum atomic E-state index is -3.79. The molecule has 3 aromatic carbocycles. The first kappa shape index (κ1) is 20.1. The van der Waals surface area contributed by atoms with E-state index in [2.05, 4.69) is 22.2 Å². The first-order chi connectivity index (χ1) is 14.9. The number of nitrogens with one attached hydrogen (secondary N) is 2. The van der Waals surface area contributed by atoms with E-state index in [1.165, 1.54) is 6.07 Å². The Hall–Kier alpha value is -2.83. The summed E-state index contributed by atoms with van der Waals surface area (Å²) in [6.07, 6.45) is 4.98. The molecule has 31 heavy (non-hydrogen) atoms. The Bertz CT molecular complexity index is 1290. The Kier molecular flexibility index (Phi) is 4.99. The van der Waals surface area contributed by atoms with Crippen molar-refractivity contribution in [2.75, 3.05) is 10.0 Å². The number of hydrogen-bond acceptors (Lipinski definition) is 3. The highest BCUT2D eigenvalue weighted by Crippen LogP contribution is 2.50. The molecule has 158 valence electrons. The fourth-order valence-electron chi connectivity index (χ4n) is 4.54. The van der Waals surface area contributed by atoms with E-state index in [-0.39, 0.29) is 28.6 Å². The van der Waals surface area contributed by atoms with E-state index in [0.717, 1.165) is 17.7 Å². The zero-order valence-electron chi connectivity index (χ0n) is 16.4. The third-order valence-electron chi connectivity index (χ3n) is 5.96. The normalized spacial score (nSPS) is 21.8. The van der Waals surface area contributed by atoms with Crippen LogP contribution < -0.4 is 10.0 Å². The standard InChI is InChI=1S/C24H20ClFN2O2S/c25-15-5-3-6-16(13-15)28-31(29,30)17-11-12-23-21(14-17)18-8-4-9-19(18)24(27-23)20-7-1-2-10-22(20)26/h1-8,10-14,18-19,24,27-28H,9H2/t18-,19+,24-/m0/s1. The molecule has 3 atom stereocenters. The largest absolute Gasteiger partial charge is 0.378 e. The van der Waals surface area contributed by atoms with Crippen molar-refractivity contribution in [3.8, 4) is 0 Å². The second-order valence-electron chi connectivity index (χ2n) is 7.86. The average Bonchev–Trinajstić information content (AvgIpc) is 3.23. The highest BCUT2D eigenvalue weighted by Gasteiger charge is 2.39. The first-order valence-electron chi connectivity index (χ1n) is 10.0. The van der Waals surface area contributed by atoms with E-state index in [1.54, 1.807) is 54.6 Å². The molecular weight excluding hydrogens is 435 g/mol. The highest BCUT2D eigenvalue weighted by molar-refractivity contribution is 7.92. The molecule has 1 aliphatic heterocycles. The predicted octanol–water partition coefficient (Wildman–Crippen LogP) is 6.11. The fourth-order valence-corrected chi connectivity index (χ4v) is 5.82. The summed E-state index contributed by atoms with van der Waals surface area (Å²) in [4.78, 5) is 0.177. The second kappa shape index (κ2) is 7.70. The van der Waals surface area contributed by atoms with Crippen LogP contribution in [0.4, 0.5) is 15.8 Å². The third kappa shape index (κ3) is 3.70. The van der Waals surface area contributed by atoms with Crippen LogP contribution in [0.25, 0.3) is 0 Å². The summed E-state index contributed by atoms with van der Waals surface area (Å²) < 4.78 is 43.0. The van der Waals surface area contributed by atoms with Crippen LogP contribution in [0.5, 0.6) is 0 Å². The highest BCUT2D eigenvalue weighted by atomic mass is 35.5. The van der Waals surface area contributed by atoms with Crippen molar-refractivity contribution >= 4 is 33.0 Å². The number of allylic oxidation sites excluding steroid dienone is 2. The zero-order valence-corrected chi connectivity index (χ0v) is 18.0. The van der Waals surface area contributed by atoms with Gasteiger partial charge in [-0.15, -0.1) is 0 Å². The molecule has 7 heteroatoms. The van der Waals surface area contributed by atoms with Crippen LogP contribution in [0.1, 0.15) is 29.5 Å². The van der Waals surface area contributed by atoms with Crippen LogP contribution in [0.3, 0.4) is 0 Å². The molecule has 0 aromatic heterocycles. The molecule has 2 N–H and O–H groups in total. The number of anilines is 2. The van der Waals surface area contributed by atoms with Crippen molar-refractivity contribution < 1.29 is 12.8 Å². The predicted molar refractivity (Wildman–Crippen MR) is 121 cm³/mol. The van der Waals surface area contributed by atoms with Crippen molar-refractivity contribution in [3.63, 3.8) is 0 Å². The van der Waals surface area contributed by atoms with Crippen LogP contribution in [0.15, 0.2) is 83.8 Å². The number of halogens is 2. The van der Waals surface area contributed by atoms with Gasteiger partial charge in [0.2, 0.25) is 0 Å². The minimum absolute atomic E-state index is 0.0159. The van der Waals surface area contributed by atoms with E-state index < -0.39 is 10.0 Å². The molecule has 0 saturated heterocycles. The smallest absolute Gasteiger partial charge is 0.261 e. The third-order valence-corrected chi connectivity index (χ3v) is 7.58. The summed E-state index contributed by atoms with van der Waals surface area (Å²) in [6.45, 7) is 0. The van der Waals surface area contributed by atoms with Gasteiger partial charge in [0, 0.05) is 22.2 Å². The van der Waals surface area contributed by atoms with Gasteiger partial charge in [-0.25, -0.2) is 12.8 Å². The zero-order chi connectivity index (χ0) is 21.6. The Morgan fingerprint density at radius 3 is 2.65 bits per heavy atom. The molecule has 2 aliphatic rings.